The van der Waals surface area contributed by atoms with Crippen molar-refractivity contribution in [1.29, 1.82) is 0 Å². The minimum Gasteiger partial charge on any atom is -0.309 e. The zero-order valence-corrected chi connectivity index (χ0v) is 26.2. The maximum Gasteiger partial charge on any atom is 0.0641 e. The smallest absolute Gasteiger partial charge is 0.0641 e. The lowest BCUT2D eigenvalue weighted by atomic mass is 10.0. The van der Waals surface area contributed by atoms with Crippen LogP contribution in [0.25, 0.3) is 88.0 Å². The Morgan fingerprint density at radius 3 is 1.56 bits per heavy atom. The minimum atomic E-state index is 1.15. The lowest BCUT2D eigenvalue weighted by Crippen LogP contribution is -1.95. The van der Waals surface area contributed by atoms with Gasteiger partial charge in [0.2, 0.25) is 0 Å². The highest BCUT2D eigenvalue weighted by molar-refractivity contribution is 6.26. The van der Waals surface area contributed by atoms with Gasteiger partial charge in [0.1, 0.15) is 0 Å². The Labute approximate surface area is 278 Å². The van der Waals surface area contributed by atoms with Crippen LogP contribution in [-0.4, -0.2) is 9.13 Å². The summed E-state index contributed by atoms with van der Waals surface area (Å²) in [5.74, 6) is 0. The highest BCUT2D eigenvalue weighted by Gasteiger charge is 2.20. The van der Waals surface area contributed by atoms with E-state index in [1.807, 2.05) is 0 Å². The average molecular weight is 611 g/mol. The summed E-state index contributed by atoms with van der Waals surface area (Å²) in [6, 6.07) is 66.2. The van der Waals surface area contributed by atoms with Crippen LogP contribution < -0.4 is 0 Å². The van der Waals surface area contributed by atoms with Crippen molar-refractivity contribution < 1.29 is 0 Å². The Balaban J connectivity index is 1.19. The van der Waals surface area contributed by atoms with Crippen molar-refractivity contribution in [2.75, 3.05) is 0 Å². The predicted molar refractivity (Wildman–Crippen MR) is 203 cm³/mol. The molecular formula is C46H30N2. The molecule has 2 nitrogen and oxygen atoms in total. The van der Waals surface area contributed by atoms with Crippen molar-refractivity contribution in [2.24, 2.45) is 0 Å². The van der Waals surface area contributed by atoms with Crippen LogP contribution in [0.5, 0.6) is 0 Å². The number of benzene rings is 8. The molecule has 10 aromatic rings. The van der Waals surface area contributed by atoms with Gasteiger partial charge in [-0.1, -0.05) is 140 Å². The van der Waals surface area contributed by atoms with Crippen molar-refractivity contribution in [2.45, 2.75) is 0 Å². The number of rotatable bonds is 4. The summed E-state index contributed by atoms with van der Waals surface area (Å²) in [7, 11) is 0. The fourth-order valence-corrected chi connectivity index (χ4v) is 7.66. The van der Waals surface area contributed by atoms with E-state index < -0.39 is 0 Å². The van der Waals surface area contributed by atoms with Gasteiger partial charge >= 0.3 is 0 Å². The molecule has 48 heavy (non-hydrogen) atoms. The quantitative estimate of drug-likeness (QED) is 0.188. The minimum absolute atomic E-state index is 1.15. The summed E-state index contributed by atoms with van der Waals surface area (Å²) < 4.78 is 4.90. The van der Waals surface area contributed by atoms with E-state index in [0.29, 0.717) is 0 Å². The molecule has 0 N–H and O–H groups in total. The van der Waals surface area contributed by atoms with Crippen LogP contribution in [0.2, 0.25) is 0 Å². The molecule has 0 spiro atoms. The Hall–Kier alpha value is -6.38. The third-order valence-corrected chi connectivity index (χ3v) is 9.91. The van der Waals surface area contributed by atoms with E-state index in [-0.39, 0.29) is 0 Å². The molecule has 224 valence electrons. The molecule has 0 amide bonds. The van der Waals surface area contributed by atoms with Crippen LogP contribution in [0.4, 0.5) is 0 Å². The van der Waals surface area contributed by atoms with Gasteiger partial charge in [0.25, 0.3) is 0 Å². The first-order valence-electron chi connectivity index (χ1n) is 16.5. The SMILES string of the molecule is c1ccc(-c2ccc(-c3ccc(-n4c5ccccc5c5ccc6c(c7ccccc7n6-c6ccc7ccccc7c6)c54)cc3)cc2)cc1. The largest absolute Gasteiger partial charge is 0.309 e. The second kappa shape index (κ2) is 10.6. The molecule has 0 unspecified atom stereocenters. The monoisotopic (exact) mass is 610 g/mol. The number of para-hydroxylation sites is 2. The van der Waals surface area contributed by atoms with Gasteiger partial charge in [-0.2, -0.15) is 0 Å². The van der Waals surface area contributed by atoms with E-state index in [1.54, 1.807) is 0 Å². The van der Waals surface area contributed by atoms with Gasteiger partial charge in [-0.05, 0) is 75.5 Å². The molecule has 2 heterocycles. The maximum absolute atomic E-state index is 2.46. The lowest BCUT2D eigenvalue weighted by Gasteiger charge is -2.12. The van der Waals surface area contributed by atoms with Crippen molar-refractivity contribution in [1.82, 2.24) is 9.13 Å². The Morgan fingerprint density at radius 1 is 0.292 bits per heavy atom. The van der Waals surface area contributed by atoms with E-state index in [0.717, 1.165) is 5.69 Å². The molecule has 2 aromatic heterocycles. The second-order valence-corrected chi connectivity index (χ2v) is 12.6. The van der Waals surface area contributed by atoms with Crippen LogP contribution in [0.3, 0.4) is 0 Å². The van der Waals surface area contributed by atoms with E-state index in [2.05, 4.69) is 191 Å². The van der Waals surface area contributed by atoms with Crippen LogP contribution >= 0.6 is 0 Å². The van der Waals surface area contributed by atoms with Crippen molar-refractivity contribution in [3.05, 3.63) is 182 Å². The molecule has 0 aliphatic heterocycles. The number of hydrogen-bond donors (Lipinski definition) is 0. The Morgan fingerprint density at radius 2 is 0.833 bits per heavy atom. The Bertz CT molecular complexity index is 2800. The fraction of sp³-hybridized carbons (Fsp3) is 0. The van der Waals surface area contributed by atoms with E-state index in [4.69, 9.17) is 0 Å². The summed E-state index contributed by atoms with van der Waals surface area (Å²) in [5, 5.41) is 7.54. The second-order valence-electron chi connectivity index (χ2n) is 12.6. The normalized spacial score (nSPS) is 11.8. The molecule has 0 aliphatic rings. The van der Waals surface area contributed by atoms with Crippen LogP contribution in [0.15, 0.2) is 182 Å². The van der Waals surface area contributed by atoms with Crippen molar-refractivity contribution in [3.63, 3.8) is 0 Å². The number of aromatic nitrogens is 2. The number of fused-ring (bicyclic) bond motifs is 8. The third kappa shape index (κ3) is 4.06. The lowest BCUT2D eigenvalue weighted by molar-refractivity contribution is 1.18. The molecule has 0 saturated carbocycles. The zero-order valence-electron chi connectivity index (χ0n) is 26.2. The van der Waals surface area contributed by atoms with Gasteiger partial charge < -0.3 is 9.13 Å². The van der Waals surface area contributed by atoms with E-state index in [9.17, 15) is 0 Å². The summed E-state index contributed by atoms with van der Waals surface area (Å²) in [5.41, 5.74) is 12.1. The number of hydrogen-bond acceptors (Lipinski definition) is 0. The van der Waals surface area contributed by atoms with Crippen LogP contribution in [0.1, 0.15) is 0 Å². The predicted octanol–water partition coefficient (Wildman–Crippen LogP) is 12.4. The highest BCUT2D eigenvalue weighted by Crippen LogP contribution is 2.42. The summed E-state index contributed by atoms with van der Waals surface area (Å²) >= 11 is 0. The van der Waals surface area contributed by atoms with Gasteiger partial charge in [-0.25, -0.2) is 0 Å². The topological polar surface area (TPSA) is 9.86 Å². The first-order valence-corrected chi connectivity index (χ1v) is 16.5. The van der Waals surface area contributed by atoms with Gasteiger partial charge in [-0.15, -0.1) is 0 Å². The standard InChI is InChI=1S/C46H30N2/c1-2-10-31(11-3-1)33-18-20-34(21-19-33)35-22-25-37(26-23-35)48-42-16-8-6-14-39(42)40-28-29-44-45(46(40)48)41-15-7-9-17-43(41)47(44)38-27-24-32-12-4-5-13-36(32)30-38/h1-30H. The number of nitrogens with zero attached hydrogens (tertiary/aromatic N) is 2. The summed E-state index contributed by atoms with van der Waals surface area (Å²) in [4.78, 5) is 0. The van der Waals surface area contributed by atoms with Crippen LogP contribution in [-0.2, 0) is 0 Å². The molecule has 0 fully saturated rings. The maximum atomic E-state index is 2.46. The third-order valence-electron chi connectivity index (χ3n) is 9.91. The highest BCUT2D eigenvalue weighted by atomic mass is 15.0. The summed E-state index contributed by atoms with van der Waals surface area (Å²) in [6.45, 7) is 0. The van der Waals surface area contributed by atoms with Crippen LogP contribution in [0, 0.1) is 0 Å². The average Bonchev–Trinajstić information content (AvgIpc) is 3.68. The molecule has 0 atom stereocenters. The van der Waals surface area contributed by atoms with Gasteiger partial charge in [0, 0.05) is 32.9 Å². The molecule has 0 bridgehead atoms. The fourth-order valence-electron chi connectivity index (χ4n) is 7.66. The molecule has 2 heteroatoms. The Kier molecular flexibility index (Phi) is 5.91. The molecule has 0 aliphatic carbocycles. The summed E-state index contributed by atoms with van der Waals surface area (Å²) in [6.07, 6.45) is 0. The van der Waals surface area contributed by atoms with E-state index in [1.165, 1.54) is 82.3 Å². The van der Waals surface area contributed by atoms with Gasteiger partial charge in [0.15, 0.2) is 0 Å². The molecule has 0 saturated heterocycles. The first kappa shape index (κ1) is 26.8. The molecule has 10 rings (SSSR count). The zero-order chi connectivity index (χ0) is 31.6. The van der Waals surface area contributed by atoms with Gasteiger partial charge in [0.05, 0.1) is 22.1 Å². The van der Waals surface area contributed by atoms with Gasteiger partial charge in [-0.3, -0.25) is 0 Å². The van der Waals surface area contributed by atoms with Crippen molar-refractivity contribution >= 4 is 54.4 Å². The van der Waals surface area contributed by atoms with E-state index >= 15 is 0 Å². The first-order chi connectivity index (χ1) is 23.8. The van der Waals surface area contributed by atoms with Crippen molar-refractivity contribution in [3.8, 4) is 33.6 Å². The molecule has 8 aromatic carbocycles. The molecular weight excluding hydrogens is 581 g/mol. The molecule has 0 radical (unpaired) electrons.